The number of hydrogen-bond acceptors (Lipinski definition) is 4. The SMILES string of the molecule is COC(=O)c1cc(NC(=O)C(=O)NCc2cccc(C)c2)c(F)cc1F. The maximum absolute atomic E-state index is 13.8. The summed E-state index contributed by atoms with van der Waals surface area (Å²) in [6.45, 7) is 1.99. The Morgan fingerprint density at radius 1 is 1.04 bits per heavy atom. The molecule has 0 atom stereocenters. The molecule has 2 N–H and O–H groups in total. The van der Waals surface area contributed by atoms with E-state index in [0.29, 0.717) is 6.07 Å². The van der Waals surface area contributed by atoms with Crippen LogP contribution in [0.5, 0.6) is 0 Å². The van der Waals surface area contributed by atoms with Gasteiger partial charge in [-0.2, -0.15) is 0 Å². The lowest BCUT2D eigenvalue weighted by Crippen LogP contribution is -2.35. The molecule has 136 valence electrons. The van der Waals surface area contributed by atoms with Crippen LogP contribution < -0.4 is 10.6 Å². The second kappa shape index (κ2) is 8.19. The van der Waals surface area contributed by atoms with E-state index in [-0.39, 0.29) is 6.54 Å². The highest BCUT2D eigenvalue weighted by Crippen LogP contribution is 2.20. The van der Waals surface area contributed by atoms with Crippen LogP contribution in [0.25, 0.3) is 0 Å². The molecule has 0 aliphatic rings. The van der Waals surface area contributed by atoms with Crippen molar-refractivity contribution < 1.29 is 27.9 Å². The molecule has 0 radical (unpaired) electrons. The molecular formula is C18H16F2N2O4. The Labute approximate surface area is 148 Å². The van der Waals surface area contributed by atoms with Crippen LogP contribution in [0.1, 0.15) is 21.5 Å². The first-order valence-corrected chi connectivity index (χ1v) is 7.54. The molecule has 0 unspecified atom stereocenters. The molecule has 8 heteroatoms. The zero-order valence-corrected chi connectivity index (χ0v) is 14.1. The number of benzene rings is 2. The van der Waals surface area contributed by atoms with Crippen molar-refractivity contribution in [2.45, 2.75) is 13.5 Å². The van der Waals surface area contributed by atoms with Gasteiger partial charge in [0.2, 0.25) is 0 Å². The van der Waals surface area contributed by atoms with Crippen LogP contribution in [0.3, 0.4) is 0 Å². The summed E-state index contributed by atoms with van der Waals surface area (Å²) in [5.41, 5.74) is 0.698. The van der Waals surface area contributed by atoms with Crippen LogP contribution >= 0.6 is 0 Å². The number of ether oxygens (including phenoxy) is 1. The largest absolute Gasteiger partial charge is 0.465 e. The van der Waals surface area contributed by atoms with E-state index in [2.05, 4.69) is 10.1 Å². The van der Waals surface area contributed by atoms with Gasteiger partial charge in [-0.3, -0.25) is 9.59 Å². The summed E-state index contributed by atoms with van der Waals surface area (Å²) in [5, 5.41) is 4.39. The van der Waals surface area contributed by atoms with E-state index in [0.717, 1.165) is 24.3 Å². The smallest absolute Gasteiger partial charge is 0.340 e. The van der Waals surface area contributed by atoms with Crippen molar-refractivity contribution in [3.05, 3.63) is 64.7 Å². The fourth-order valence-electron chi connectivity index (χ4n) is 2.17. The molecule has 0 aliphatic heterocycles. The number of esters is 1. The van der Waals surface area contributed by atoms with Crippen molar-refractivity contribution in [2.75, 3.05) is 12.4 Å². The lowest BCUT2D eigenvalue weighted by molar-refractivity contribution is -0.136. The highest BCUT2D eigenvalue weighted by molar-refractivity contribution is 6.39. The number of hydrogen-bond donors (Lipinski definition) is 2. The Hall–Kier alpha value is -3.29. The third kappa shape index (κ3) is 4.62. The van der Waals surface area contributed by atoms with Gasteiger partial charge in [-0.1, -0.05) is 29.8 Å². The van der Waals surface area contributed by atoms with Gasteiger partial charge in [-0.15, -0.1) is 0 Å². The van der Waals surface area contributed by atoms with Crippen molar-refractivity contribution in [2.24, 2.45) is 0 Å². The van der Waals surface area contributed by atoms with Gasteiger partial charge in [-0.25, -0.2) is 13.6 Å². The van der Waals surface area contributed by atoms with Gasteiger partial charge in [0.05, 0.1) is 18.4 Å². The minimum Gasteiger partial charge on any atom is -0.465 e. The quantitative estimate of drug-likeness (QED) is 0.646. The molecule has 0 spiro atoms. The Morgan fingerprint density at radius 2 is 1.77 bits per heavy atom. The van der Waals surface area contributed by atoms with E-state index in [9.17, 15) is 23.2 Å². The summed E-state index contributed by atoms with van der Waals surface area (Å²) < 4.78 is 31.7. The van der Waals surface area contributed by atoms with Crippen molar-refractivity contribution in [1.82, 2.24) is 5.32 Å². The van der Waals surface area contributed by atoms with Crippen LogP contribution in [-0.4, -0.2) is 24.9 Å². The number of carbonyl (C=O) groups is 3. The molecular weight excluding hydrogens is 346 g/mol. The Balaban J connectivity index is 2.06. The number of amides is 2. The molecule has 0 fully saturated rings. The van der Waals surface area contributed by atoms with Gasteiger partial charge < -0.3 is 15.4 Å². The molecule has 6 nitrogen and oxygen atoms in total. The molecule has 2 amide bonds. The van der Waals surface area contributed by atoms with Gasteiger partial charge >= 0.3 is 17.8 Å². The molecule has 0 aromatic heterocycles. The zero-order chi connectivity index (χ0) is 19.3. The van der Waals surface area contributed by atoms with Gasteiger partial charge in [0.25, 0.3) is 0 Å². The summed E-state index contributed by atoms with van der Waals surface area (Å²) in [5.74, 6) is -5.47. The summed E-state index contributed by atoms with van der Waals surface area (Å²) in [4.78, 5) is 35.2. The van der Waals surface area contributed by atoms with Crippen LogP contribution in [0.4, 0.5) is 14.5 Å². The molecule has 0 bridgehead atoms. The van der Waals surface area contributed by atoms with Crippen molar-refractivity contribution >= 4 is 23.5 Å². The predicted molar refractivity (Wildman–Crippen MR) is 89.4 cm³/mol. The minimum atomic E-state index is -1.15. The first kappa shape index (κ1) is 19.0. The van der Waals surface area contributed by atoms with Crippen LogP contribution in [0.2, 0.25) is 0 Å². The highest BCUT2D eigenvalue weighted by atomic mass is 19.1. The Kier molecular flexibility index (Phi) is 6.00. The van der Waals surface area contributed by atoms with E-state index in [1.807, 2.05) is 24.4 Å². The van der Waals surface area contributed by atoms with E-state index < -0.39 is 40.7 Å². The molecule has 2 aromatic carbocycles. The second-order valence-corrected chi connectivity index (χ2v) is 5.43. The van der Waals surface area contributed by atoms with Crippen LogP contribution in [-0.2, 0) is 20.9 Å². The number of aryl methyl sites for hydroxylation is 1. The molecule has 0 saturated heterocycles. The molecule has 2 rings (SSSR count). The molecule has 26 heavy (non-hydrogen) atoms. The Morgan fingerprint density at radius 3 is 2.42 bits per heavy atom. The van der Waals surface area contributed by atoms with Crippen molar-refractivity contribution in [3.8, 4) is 0 Å². The van der Waals surface area contributed by atoms with E-state index >= 15 is 0 Å². The number of anilines is 1. The fraction of sp³-hybridized carbons (Fsp3) is 0.167. The monoisotopic (exact) mass is 362 g/mol. The van der Waals surface area contributed by atoms with Crippen molar-refractivity contribution in [3.63, 3.8) is 0 Å². The second-order valence-electron chi connectivity index (χ2n) is 5.43. The van der Waals surface area contributed by atoms with Gasteiger partial charge in [0, 0.05) is 12.6 Å². The van der Waals surface area contributed by atoms with E-state index in [4.69, 9.17) is 0 Å². The summed E-state index contributed by atoms with van der Waals surface area (Å²) in [7, 11) is 1.03. The minimum absolute atomic E-state index is 0.104. The number of halogens is 2. The predicted octanol–water partition coefficient (Wildman–Crippen LogP) is 2.31. The first-order chi connectivity index (χ1) is 12.3. The molecule has 0 saturated carbocycles. The standard InChI is InChI=1S/C18H16F2N2O4/c1-10-4-3-5-11(6-10)9-21-16(23)17(24)22-15-7-12(18(25)26-2)13(19)8-14(15)20/h3-8H,9H2,1-2H3,(H,21,23)(H,22,24). The third-order valence-electron chi connectivity index (χ3n) is 3.45. The lowest BCUT2D eigenvalue weighted by atomic mass is 10.1. The molecule has 2 aromatic rings. The Bertz CT molecular complexity index is 868. The number of methoxy groups -OCH3 is 1. The topological polar surface area (TPSA) is 84.5 Å². The third-order valence-corrected chi connectivity index (χ3v) is 3.45. The average Bonchev–Trinajstić information content (AvgIpc) is 2.61. The maximum Gasteiger partial charge on any atom is 0.340 e. The highest BCUT2D eigenvalue weighted by Gasteiger charge is 2.20. The number of rotatable bonds is 4. The summed E-state index contributed by atoms with van der Waals surface area (Å²) in [6.07, 6.45) is 0. The van der Waals surface area contributed by atoms with E-state index in [1.54, 1.807) is 12.1 Å². The molecule has 0 heterocycles. The zero-order valence-electron chi connectivity index (χ0n) is 14.1. The van der Waals surface area contributed by atoms with Crippen LogP contribution in [0, 0.1) is 18.6 Å². The van der Waals surface area contributed by atoms with Gasteiger partial charge in [0.15, 0.2) is 0 Å². The number of nitrogens with one attached hydrogen (secondary N) is 2. The number of carbonyl (C=O) groups excluding carboxylic acids is 3. The van der Waals surface area contributed by atoms with E-state index in [1.165, 1.54) is 0 Å². The van der Waals surface area contributed by atoms with Gasteiger partial charge in [0.1, 0.15) is 11.6 Å². The first-order valence-electron chi connectivity index (χ1n) is 7.54. The maximum atomic E-state index is 13.8. The summed E-state index contributed by atoms with van der Waals surface area (Å²) >= 11 is 0. The molecule has 0 aliphatic carbocycles. The van der Waals surface area contributed by atoms with Crippen molar-refractivity contribution in [1.29, 1.82) is 0 Å². The average molecular weight is 362 g/mol. The van der Waals surface area contributed by atoms with Gasteiger partial charge in [-0.05, 0) is 18.6 Å². The summed E-state index contributed by atoms with van der Waals surface area (Å²) in [6, 6.07) is 8.48. The lowest BCUT2D eigenvalue weighted by Gasteiger charge is -2.09. The van der Waals surface area contributed by atoms with Crippen LogP contribution in [0.15, 0.2) is 36.4 Å². The fourth-order valence-corrected chi connectivity index (χ4v) is 2.17. The normalized spacial score (nSPS) is 10.2.